The molecule has 0 aromatic heterocycles. The van der Waals surface area contributed by atoms with Crippen molar-refractivity contribution in [3.8, 4) is 0 Å². The van der Waals surface area contributed by atoms with Crippen molar-refractivity contribution in [3.05, 3.63) is 35.9 Å². The van der Waals surface area contributed by atoms with Gasteiger partial charge >= 0.3 is 0 Å². The number of hydrogen-bond acceptors (Lipinski definition) is 7. The Morgan fingerprint density at radius 1 is 1.00 bits per heavy atom. The summed E-state index contributed by atoms with van der Waals surface area (Å²) >= 11 is 3.26. The minimum atomic E-state index is -0.849. The molecular weight excluding hydrogens is 569 g/mol. The number of hydrazine groups is 1. The Labute approximate surface area is 260 Å². The van der Waals surface area contributed by atoms with Crippen LogP contribution in [0, 0.1) is 11.3 Å². The van der Waals surface area contributed by atoms with E-state index in [2.05, 4.69) is 22.5 Å². The van der Waals surface area contributed by atoms with Crippen molar-refractivity contribution in [2.24, 2.45) is 11.3 Å². The number of carbonyl (C=O) groups is 4. The summed E-state index contributed by atoms with van der Waals surface area (Å²) in [6, 6.07) is 9.37. The lowest BCUT2D eigenvalue weighted by molar-refractivity contribution is -0.156. The van der Waals surface area contributed by atoms with Gasteiger partial charge in [0.2, 0.25) is 11.7 Å². The number of amides is 3. The lowest BCUT2D eigenvalue weighted by Crippen LogP contribution is -2.61. The molecule has 2 atom stereocenters. The SMILES string of the molecule is CCC(=O)NN(C(=O)[C@@H]1CS[C@@H](SCC2CCCCC2)N1C(=O)C(=O)C(C)(C)C)C1CCN(Cc2ccccc2)CC1. The molecule has 3 amide bonds. The highest BCUT2D eigenvalue weighted by atomic mass is 32.2. The number of nitrogens with one attached hydrogen (secondary N) is 1. The summed E-state index contributed by atoms with van der Waals surface area (Å²) in [5.41, 5.74) is 3.28. The Morgan fingerprint density at radius 3 is 2.29 bits per heavy atom. The lowest BCUT2D eigenvalue weighted by Gasteiger charge is -2.40. The molecule has 42 heavy (non-hydrogen) atoms. The molecule has 0 spiro atoms. The van der Waals surface area contributed by atoms with Gasteiger partial charge in [0.25, 0.3) is 11.8 Å². The Hall–Kier alpha value is -2.04. The highest BCUT2D eigenvalue weighted by molar-refractivity contribution is 8.17. The summed E-state index contributed by atoms with van der Waals surface area (Å²) in [6.45, 7) is 9.45. The van der Waals surface area contributed by atoms with Gasteiger partial charge in [0.05, 0.1) is 6.04 Å². The second-order valence-electron chi connectivity index (χ2n) is 12.9. The Kier molecular flexibility index (Phi) is 11.8. The Bertz CT molecular complexity index is 1080. The molecule has 2 heterocycles. The number of ketones is 1. The second kappa shape index (κ2) is 15.1. The first-order chi connectivity index (χ1) is 20.1. The van der Waals surface area contributed by atoms with E-state index in [1.54, 1.807) is 56.1 Å². The lowest BCUT2D eigenvalue weighted by atomic mass is 9.90. The molecule has 8 nitrogen and oxygen atoms in total. The van der Waals surface area contributed by atoms with Gasteiger partial charge in [0.15, 0.2) is 0 Å². The van der Waals surface area contributed by atoms with E-state index in [-0.39, 0.29) is 29.0 Å². The zero-order chi connectivity index (χ0) is 30.3. The van der Waals surface area contributed by atoms with Gasteiger partial charge < -0.3 is 4.90 Å². The molecule has 1 aromatic rings. The predicted molar refractivity (Wildman–Crippen MR) is 170 cm³/mol. The summed E-state index contributed by atoms with van der Waals surface area (Å²) in [5, 5.41) is 1.51. The van der Waals surface area contributed by atoms with Crippen molar-refractivity contribution in [2.75, 3.05) is 24.6 Å². The van der Waals surface area contributed by atoms with E-state index in [1.165, 1.54) is 42.7 Å². The van der Waals surface area contributed by atoms with Crippen LogP contribution in [0.15, 0.2) is 30.3 Å². The van der Waals surface area contributed by atoms with Crippen LogP contribution in [-0.4, -0.2) is 79.7 Å². The maximum Gasteiger partial charge on any atom is 0.292 e. The first kappa shape index (κ1) is 32.9. The van der Waals surface area contributed by atoms with Gasteiger partial charge in [-0.3, -0.25) is 29.5 Å². The number of hydrogen-bond donors (Lipinski definition) is 1. The maximum absolute atomic E-state index is 14.3. The topological polar surface area (TPSA) is 90.0 Å². The minimum Gasteiger partial charge on any atom is -0.302 e. The number of piperidine rings is 1. The van der Waals surface area contributed by atoms with E-state index in [4.69, 9.17) is 0 Å². The molecule has 1 aliphatic carbocycles. The van der Waals surface area contributed by atoms with Crippen LogP contribution in [0.3, 0.4) is 0 Å². The fraction of sp³-hybridized carbons (Fsp3) is 0.688. The highest BCUT2D eigenvalue weighted by Crippen LogP contribution is 2.41. The molecule has 4 rings (SSSR count). The van der Waals surface area contributed by atoms with Gasteiger partial charge in [-0.2, -0.15) is 0 Å². The van der Waals surface area contributed by atoms with Crippen molar-refractivity contribution in [1.29, 1.82) is 0 Å². The third-order valence-corrected chi connectivity index (χ3v) is 11.5. The average Bonchev–Trinajstić information content (AvgIpc) is 3.42. The summed E-state index contributed by atoms with van der Waals surface area (Å²) in [4.78, 5) is 57.8. The molecule has 0 radical (unpaired) electrons. The number of likely N-dealkylation sites (tertiary alicyclic amines) is 1. The van der Waals surface area contributed by atoms with Crippen LogP contribution in [0.5, 0.6) is 0 Å². The van der Waals surface area contributed by atoms with Crippen molar-refractivity contribution < 1.29 is 19.2 Å². The first-order valence-corrected chi connectivity index (χ1v) is 17.7. The number of carbonyl (C=O) groups excluding carboxylic acids is 4. The molecule has 232 valence electrons. The zero-order valence-corrected chi connectivity index (χ0v) is 27.3. The van der Waals surface area contributed by atoms with Crippen molar-refractivity contribution in [2.45, 2.75) is 102 Å². The standard InChI is InChI=1S/C32H48N4O4S2/c1-5-27(37)33-36(25-16-18-34(19-17-25)20-23-12-8-6-9-13-23)29(39)26-22-42-31(41-21-24-14-10-7-11-15-24)35(26)30(40)28(38)32(2,3)4/h6,8-9,12-13,24-26,31H,5,7,10-11,14-22H2,1-4H3,(H,33,37)/t26-,31+/m0/s1. The van der Waals surface area contributed by atoms with Crippen molar-refractivity contribution in [3.63, 3.8) is 0 Å². The second-order valence-corrected chi connectivity index (χ2v) is 15.4. The number of rotatable bonds is 9. The smallest absolute Gasteiger partial charge is 0.292 e. The molecular formula is C32H48N4O4S2. The van der Waals surface area contributed by atoms with Gasteiger partial charge in [-0.15, -0.1) is 23.5 Å². The number of Topliss-reactive ketones (excluding diaryl/α,β-unsaturated/α-hetero) is 1. The number of thioether (sulfide) groups is 2. The van der Waals surface area contributed by atoms with E-state index >= 15 is 0 Å². The van der Waals surface area contributed by atoms with Crippen molar-refractivity contribution in [1.82, 2.24) is 20.2 Å². The van der Waals surface area contributed by atoms with Crippen molar-refractivity contribution >= 4 is 47.0 Å². The molecule has 0 unspecified atom stereocenters. The van der Waals surface area contributed by atoms with Gasteiger partial charge in [-0.25, -0.2) is 5.01 Å². The van der Waals surface area contributed by atoms with E-state index < -0.39 is 23.1 Å². The molecule has 3 fully saturated rings. The molecule has 1 N–H and O–H groups in total. The van der Waals surface area contributed by atoms with E-state index in [1.807, 2.05) is 18.2 Å². The van der Waals surface area contributed by atoms with Gasteiger partial charge in [-0.05, 0) is 42.9 Å². The Morgan fingerprint density at radius 2 is 1.67 bits per heavy atom. The molecule has 0 bridgehead atoms. The predicted octanol–water partition coefficient (Wildman–Crippen LogP) is 5.08. The summed E-state index contributed by atoms with van der Waals surface area (Å²) in [7, 11) is 0. The summed E-state index contributed by atoms with van der Waals surface area (Å²) in [6.07, 6.45) is 7.85. The zero-order valence-electron chi connectivity index (χ0n) is 25.7. The largest absolute Gasteiger partial charge is 0.302 e. The first-order valence-electron chi connectivity index (χ1n) is 15.6. The minimum absolute atomic E-state index is 0.172. The van der Waals surface area contributed by atoms with Gasteiger partial charge in [0, 0.05) is 37.2 Å². The monoisotopic (exact) mass is 616 g/mol. The van der Waals surface area contributed by atoms with Crippen LogP contribution in [0.1, 0.15) is 84.6 Å². The quantitative estimate of drug-likeness (QED) is 0.306. The molecule has 10 heteroatoms. The van der Waals surface area contributed by atoms with Crippen LogP contribution in [0.25, 0.3) is 0 Å². The summed E-state index contributed by atoms with van der Waals surface area (Å²) < 4.78 is -0.295. The van der Waals surface area contributed by atoms with E-state index in [0.29, 0.717) is 11.7 Å². The number of nitrogens with zero attached hydrogens (tertiary/aromatic N) is 3. The van der Waals surface area contributed by atoms with Gasteiger partial charge in [-0.1, -0.05) is 77.3 Å². The van der Waals surface area contributed by atoms with E-state index in [9.17, 15) is 19.2 Å². The molecule has 1 saturated carbocycles. The summed E-state index contributed by atoms with van der Waals surface area (Å²) in [5.74, 6) is 0.346. The highest BCUT2D eigenvalue weighted by Gasteiger charge is 2.48. The van der Waals surface area contributed by atoms with Crippen LogP contribution in [-0.2, 0) is 25.7 Å². The molecule has 2 aliphatic heterocycles. The Balaban J connectivity index is 1.50. The van der Waals surface area contributed by atoms with Crippen LogP contribution in [0.4, 0.5) is 0 Å². The third kappa shape index (κ3) is 8.53. The number of benzene rings is 1. The van der Waals surface area contributed by atoms with Gasteiger partial charge in [0.1, 0.15) is 10.7 Å². The van der Waals surface area contributed by atoms with Crippen LogP contribution < -0.4 is 5.43 Å². The fourth-order valence-electron chi connectivity index (χ4n) is 5.92. The molecule has 2 saturated heterocycles. The average molecular weight is 617 g/mol. The molecule has 1 aromatic carbocycles. The third-order valence-electron chi connectivity index (χ3n) is 8.53. The normalized spacial score (nSPS) is 22.6. The maximum atomic E-state index is 14.3. The van der Waals surface area contributed by atoms with E-state index in [0.717, 1.165) is 38.2 Å². The fourth-order valence-corrected chi connectivity index (χ4v) is 9.01. The van der Waals surface area contributed by atoms with Crippen LogP contribution in [0.2, 0.25) is 0 Å². The molecule has 3 aliphatic rings. The van der Waals surface area contributed by atoms with Crippen LogP contribution >= 0.6 is 23.5 Å².